The second kappa shape index (κ2) is 2.68. The van der Waals surface area contributed by atoms with Crippen LogP contribution in [0.3, 0.4) is 0 Å². The zero-order valence-electron chi connectivity index (χ0n) is 7.58. The fraction of sp³-hybridized carbons (Fsp3) is 0.333. The van der Waals surface area contributed by atoms with Gasteiger partial charge < -0.3 is 5.32 Å². The maximum Gasteiger partial charge on any atom is 0.256 e. The lowest BCUT2D eigenvalue weighted by atomic mass is 10.1. The number of nitrogens with zero attached hydrogens (tertiary/aromatic N) is 2. The number of hydrogen-bond donors (Lipinski definition) is 2. The first-order valence-electron chi connectivity index (χ1n) is 4.64. The van der Waals surface area contributed by atoms with E-state index in [1.54, 1.807) is 6.20 Å². The summed E-state index contributed by atoms with van der Waals surface area (Å²) >= 11 is 0. The summed E-state index contributed by atoms with van der Waals surface area (Å²) in [6.45, 7) is 1.57. The normalized spacial score (nSPS) is 15.7. The Morgan fingerprint density at radius 1 is 1.50 bits per heavy atom. The Labute approximate surface area is 79.8 Å². The molecule has 0 amide bonds. The number of nitrogens with one attached hydrogen (secondary N) is 2. The molecule has 0 aliphatic carbocycles. The Hall–Kier alpha value is -1.62. The van der Waals surface area contributed by atoms with E-state index in [1.807, 2.05) is 10.6 Å². The van der Waals surface area contributed by atoms with Crippen LogP contribution in [0.25, 0.3) is 5.78 Å². The summed E-state index contributed by atoms with van der Waals surface area (Å²) in [5.74, 6) is 0.635. The standard InChI is InChI=1S/C9H10N4O/c14-8-6-5-10-2-1-7(6)13-4-3-11-9(13)12-8/h3-4,10H,1-2,5H2,(H,11,12,14). The minimum Gasteiger partial charge on any atom is -0.312 e. The fourth-order valence-electron chi connectivity index (χ4n) is 1.94. The minimum atomic E-state index is -0.0223. The van der Waals surface area contributed by atoms with Crippen LogP contribution in [0.2, 0.25) is 0 Å². The molecule has 72 valence electrons. The van der Waals surface area contributed by atoms with Gasteiger partial charge in [0, 0.05) is 37.6 Å². The van der Waals surface area contributed by atoms with E-state index in [9.17, 15) is 4.79 Å². The van der Waals surface area contributed by atoms with Gasteiger partial charge in [-0.05, 0) is 0 Å². The molecule has 3 rings (SSSR count). The Kier molecular flexibility index (Phi) is 1.49. The van der Waals surface area contributed by atoms with Crippen molar-refractivity contribution in [1.29, 1.82) is 0 Å². The molecule has 2 aromatic rings. The molecule has 0 unspecified atom stereocenters. The van der Waals surface area contributed by atoms with Crippen molar-refractivity contribution in [2.45, 2.75) is 13.0 Å². The summed E-state index contributed by atoms with van der Waals surface area (Å²) in [6.07, 6.45) is 4.47. The molecule has 1 aliphatic heterocycles. The average Bonchev–Trinajstić information content (AvgIpc) is 2.66. The lowest BCUT2D eigenvalue weighted by Crippen LogP contribution is -2.32. The van der Waals surface area contributed by atoms with E-state index in [1.165, 1.54) is 0 Å². The topological polar surface area (TPSA) is 62.2 Å². The molecule has 0 fully saturated rings. The van der Waals surface area contributed by atoms with Crippen LogP contribution < -0.4 is 10.9 Å². The van der Waals surface area contributed by atoms with Crippen molar-refractivity contribution in [2.24, 2.45) is 0 Å². The lowest BCUT2D eigenvalue weighted by molar-refractivity contribution is 0.615. The highest BCUT2D eigenvalue weighted by atomic mass is 16.1. The average molecular weight is 190 g/mol. The van der Waals surface area contributed by atoms with Crippen LogP contribution in [0.5, 0.6) is 0 Å². The van der Waals surface area contributed by atoms with Gasteiger partial charge in [-0.15, -0.1) is 0 Å². The number of hydrogen-bond acceptors (Lipinski definition) is 3. The fourth-order valence-corrected chi connectivity index (χ4v) is 1.94. The van der Waals surface area contributed by atoms with Gasteiger partial charge in [-0.1, -0.05) is 0 Å². The number of fused-ring (bicyclic) bond motifs is 3. The lowest BCUT2D eigenvalue weighted by Gasteiger charge is -2.16. The third kappa shape index (κ3) is 0.927. The van der Waals surface area contributed by atoms with E-state index < -0.39 is 0 Å². The second-order valence-corrected chi connectivity index (χ2v) is 3.43. The van der Waals surface area contributed by atoms with Crippen LogP contribution in [-0.4, -0.2) is 20.9 Å². The summed E-state index contributed by atoms with van der Waals surface area (Å²) in [6, 6.07) is 0. The molecule has 5 nitrogen and oxygen atoms in total. The third-order valence-electron chi connectivity index (χ3n) is 2.62. The summed E-state index contributed by atoms with van der Waals surface area (Å²) < 4.78 is 1.96. The Bertz CT molecular complexity index is 539. The molecule has 0 spiro atoms. The maximum atomic E-state index is 11.6. The number of aromatic amines is 1. The van der Waals surface area contributed by atoms with Crippen molar-refractivity contribution in [3.63, 3.8) is 0 Å². The second-order valence-electron chi connectivity index (χ2n) is 3.43. The molecule has 0 saturated heterocycles. The SMILES string of the molecule is O=c1[nH]c2nccn2c2c1CNCC2. The number of aromatic nitrogens is 3. The monoisotopic (exact) mass is 190 g/mol. The van der Waals surface area contributed by atoms with E-state index in [2.05, 4.69) is 15.3 Å². The molecule has 1 aliphatic rings. The molecule has 0 aromatic carbocycles. The smallest absolute Gasteiger partial charge is 0.256 e. The van der Waals surface area contributed by atoms with Gasteiger partial charge in [0.25, 0.3) is 5.56 Å². The van der Waals surface area contributed by atoms with Gasteiger partial charge in [0.2, 0.25) is 5.78 Å². The number of rotatable bonds is 0. The van der Waals surface area contributed by atoms with Gasteiger partial charge in [0.1, 0.15) is 0 Å². The van der Waals surface area contributed by atoms with Crippen molar-refractivity contribution in [1.82, 2.24) is 19.7 Å². The van der Waals surface area contributed by atoms with Gasteiger partial charge >= 0.3 is 0 Å². The Balaban J connectivity index is 2.45. The summed E-state index contributed by atoms with van der Waals surface area (Å²) in [7, 11) is 0. The first-order valence-corrected chi connectivity index (χ1v) is 4.64. The quantitative estimate of drug-likeness (QED) is 0.598. The molecular formula is C9H10N4O. The molecule has 0 atom stereocenters. The van der Waals surface area contributed by atoms with Crippen molar-refractivity contribution in [3.8, 4) is 0 Å². The van der Waals surface area contributed by atoms with Crippen molar-refractivity contribution >= 4 is 5.78 Å². The van der Waals surface area contributed by atoms with Crippen LogP contribution in [0, 0.1) is 0 Å². The Morgan fingerprint density at radius 3 is 3.36 bits per heavy atom. The molecular weight excluding hydrogens is 180 g/mol. The minimum absolute atomic E-state index is 0.0223. The first-order chi connectivity index (χ1) is 6.86. The third-order valence-corrected chi connectivity index (χ3v) is 2.62. The van der Waals surface area contributed by atoms with Gasteiger partial charge in [-0.3, -0.25) is 14.2 Å². The van der Waals surface area contributed by atoms with E-state index in [0.29, 0.717) is 12.3 Å². The van der Waals surface area contributed by atoms with Gasteiger partial charge in [-0.25, -0.2) is 4.98 Å². The molecule has 2 N–H and O–H groups in total. The van der Waals surface area contributed by atoms with Crippen LogP contribution in [0.4, 0.5) is 0 Å². The van der Waals surface area contributed by atoms with Crippen LogP contribution in [-0.2, 0) is 13.0 Å². The molecule has 0 bridgehead atoms. The Morgan fingerprint density at radius 2 is 2.43 bits per heavy atom. The summed E-state index contributed by atoms with van der Waals surface area (Å²) in [5.41, 5.74) is 1.90. The van der Waals surface area contributed by atoms with Gasteiger partial charge in [0.15, 0.2) is 0 Å². The molecule has 0 saturated carbocycles. The van der Waals surface area contributed by atoms with E-state index in [0.717, 1.165) is 24.2 Å². The van der Waals surface area contributed by atoms with Crippen molar-refractivity contribution in [2.75, 3.05) is 6.54 Å². The highest BCUT2D eigenvalue weighted by Crippen LogP contribution is 2.10. The molecule has 14 heavy (non-hydrogen) atoms. The van der Waals surface area contributed by atoms with Gasteiger partial charge in [0.05, 0.1) is 5.56 Å². The van der Waals surface area contributed by atoms with Crippen molar-refractivity contribution in [3.05, 3.63) is 34.0 Å². The zero-order valence-corrected chi connectivity index (χ0v) is 7.58. The maximum absolute atomic E-state index is 11.6. The van der Waals surface area contributed by atoms with Crippen LogP contribution in [0.1, 0.15) is 11.3 Å². The van der Waals surface area contributed by atoms with E-state index in [-0.39, 0.29) is 5.56 Å². The predicted molar refractivity (Wildman–Crippen MR) is 51.2 cm³/mol. The van der Waals surface area contributed by atoms with E-state index in [4.69, 9.17) is 0 Å². The van der Waals surface area contributed by atoms with E-state index >= 15 is 0 Å². The predicted octanol–water partition coefficient (Wildman–Crippen LogP) is -0.332. The number of H-pyrrole nitrogens is 1. The highest BCUT2D eigenvalue weighted by molar-refractivity contribution is 5.35. The molecule has 3 heterocycles. The highest BCUT2D eigenvalue weighted by Gasteiger charge is 2.15. The van der Waals surface area contributed by atoms with Crippen LogP contribution in [0.15, 0.2) is 17.2 Å². The van der Waals surface area contributed by atoms with Crippen LogP contribution >= 0.6 is 0 Å². The summed E-state index contributed by atoms with van der Waals surface area (Å²) in [4.78, 5) is 18.5. The largest absolute Gasteiger partial charge is 0.312 e. The first kappa shape index (κ1) is 7.75. The molecule has 5 heteroatoms. The molecule has 2 aromatic heterocycles. The van der Waals surface area contributed by atoms with Gasteiger partial charge in [-0.2, -0.15) is 0 Å². The zero-order chi connectivity index (χ0) is 9.54. The summed E-state index contributed by atoms with van der Waals surface area (Å²) in [5, 5.41) is 3.18. The van der Waals surface area contributed by atoms with Crippen molar-refractivity contribution < 1.29 is 0 Å². The number of imidazole rings is 1. The molecule has 0 radical (unpaired) electrons.